The van der Waals surface area contributed by atoms with Crippen molar-refractivity contribution in [3.63, 3.8) is 0 Å². The molecule has 0 bridgehead atoms. The van der Waals surface area contributed by atoms with Crippen molar-refractivity contribution in [2.24, 2.45) is 7.05 Å². The molecular formula is C17H30N6. The van der Waals surface area contributed by atoms with Crippen molar-refractivity contribution >= 4 is 16.9 Å². The van der Waals surface area contributed by atoms with Gasteiger partial charge in [-0.3, -0.25) is 4.68 Å². The Balaban J connectivity index is 2.35. The van der Waals surface area contributed by atoms with Gasteiger partial charge in [-0.1, -0.05) is 34.1 Å². The van der Waals surface area contributed by atoms with Crippen LogP contribution < -0.4 is 5.32 Å². The number of hydrogen-bond acceptors (Lipinski definition) is 5. The molecule has 2 aromatic heterocycles. The third-order valence-corrected chi connectivity index (χ3v) is 4.12. The van der Waals surface area contributed by atoms with Crippen molar-refractivity contribution in [3.05, 3.63) is 12.0 Å². The van der Waals surface area contributed by atoms with E-state index in [2.05, 4.69) is 57.1 Å². The predicted octanol–water partition coefficient (Wildman–Crippen LogP) is 2.80. The molecule has 0 aromatic carbocycles. The molecule has 2 heterocycles. The molecule has 6 nitrogen and oxygen atoms in total. The minimum absolute atomic E-state index is 0.0980. The molecule has 23 heavy (non-hydrogen) atoms. The van der Waals surface area contributed by atoms with Gasteiger partial charge in [0, 0.05) is 25.0 Å². The average molecular weight is 318 g/mol. The van der Waals surface area contributed by atoms with E-state index in [1.807, 2.05) is 17.9 Å². The van der Waals surface area contributed by atoms with Crippen LogP contribution in [0.2, 0.25) is 0 Å². The van der Waals surface area contributed by atoms with Crippen LogP contribution in [0.25, 0.3) is 11.0 Å². The monoisotopic (exact) mass is 318 g/mol. The van der Waals surface area contributed by atoms with Crippen LogP contribution in [0.5, 0.6) is 0 Å². The number of hydrogen-bond donors (Lipinski definition) is 1. The van der Waals surface area contributed by atoms with E-state index < -0.39 is 0 Å². The predicted molar refractivity (Wildman–Crippen MR) is 95.9 cm³/mol. The molecule has 0 saturated carbocycles. The highest BCUT2D eigenvalue weighted by Gasteiger charge is 2.21. The maximum atomic E-state index is 4.78. The Kier molecular flexibility index (Phi) is 5.24. The fourth-order valence-electron chi connectivity index (χ4n) is 2.58. The lowest BCUT2D eigenvalue weighted by molar-refractivity contribution is 0.288. The van der Waals surface area contributed by atoms with Crippen molar-refractivity contribution in [1.82, 2.24) is 24.6 Å². The molecule has 128 valence electrons. The van der Waals surface area contributed by atoms with E-state index in [0.29, 0.717) is 6.04 Å². The summed E-state index contributed by atoms with van der Waals surface area (Å²) in [5.41, 5.74) is 0.781. The van der Waals surface area contributed by atoms with Crippen LogP contribution in [0.1, 0.15) is 46.4 Å². The molecule has 1 atom stereocenters. The molecule has 0 radical (unpaired) electrons. The SMILES string of the molecule is CCC[C@H](CNc1nc(C(C)(C)C)nc2c1cnn2C)N(C)C. The third kappa shape index (κ3) is 3.99. The number of rotatable bonds is 6. The van der Waals surface area contributed by atoms with Crippen molar-refractivity contribution in [2.75, 3.05) is 26.0 Å². The van der Waals surface area contributed by atoms with Gasteiger partial charge in [-0.15, -0.1) is 0 Å². The quantitative estimate of drug-likeness (QED) is 0.887. The maximum absolute atomic E-state index is 4.78. The molecule has 0 aliphatic rings. The molecule has 0 amide bonds. The Hall–Kier alpha value is -1.69. The lowest BCUT2D eigenvalue weighted by Gasteiger charge is -2.25. The van der Waals surface area contributed by atoms with Gasteiger partial charge < -0.3 is 10.2 Å². The minimum Gasteiger partial charge on any atom is -0.368 e. The Morgan fingerprint density at radius 3 is 2.52 bits per heavy atom. The van der Waals surface area contributed by atoms with Gasteiger partial charge in [0.1, 0.15) is 11.6 Å². The fourth-order valence-corrected chi connectivity index (χ4v) is 2.58. The van der Waals surface area contributed by atoms with Gasteiger partial charge in [-0.2, -0.15) is 5.10 Å². The Labute approximate surface area is 139 Å². The maximum Gasteiger partial charge on any atom is 0.163 e. The first-order valence-corrected chi connectivity index (χ1v) is 8.34. The third-order valence-electron chi connectivity index (χ3n) is 4.12. The molecule has 0 aliphatic heterocycles. The van der Waals surface area contributed by atoms with Gasteiger partial charge in [0.15, 0.2) is 5.65 Å². The highest BCUT2D eigenvalue weighted by Crippen LogP contribution is 2.25. The Morgan fingerprint density at radius 1 is 1.26 bits per heavy atom. The Morgan fingerprint density at radius 2 is 1.96 bits per heavy atom. The first-order chi connectivity index (χ1) is 10.7. The van der Waals surface area contributed by atoms with Crippen molar-refractivity contribution in [1.29, 1.82) is 0 Å². The summed E-state index contributed by atoms with van der Waals surface area (Å²) >= 11 is 0. The fraction of sp³-hybridized carbons (Fsp3) is 0.706. The lowest BCUT2D eigenvalue weighted by Crippen LogP contribution is -2.34. The van der Waals surface area contributed by atoms with Crippen LogP contribution >= 0.6 is 0 Å². The van der Waals surface area contributed by atoms with Crippen LogP contribution in [0.4, 0.5) is 5.82 Å². The summed E-state index contributed by atoms with van der Waals surface area (Å²) < 4.78 is 1.81. The van der Waals surface area contributed by atoms with Gasteiger partial charge in [0.25, 0.3) is 0 Å². The Bertz CT molecular complexity index is 653. The molecule has 2 rings (SSSR count). The zero-order valence-electron chi connectivity index (χ0n) is 15.5. The van der Waals surface area contributed by atoms with Crippen molar-refractivity contribution in [2.45, 2.75) is 52.0 Å². The normalized spacial score (nSPS) is 13.7. The largest absolute Gasteiger partial charge is 0.368 e. The number of aromatic nitrogens is 4. The van der Waals surface area contributed by atoms with Gasteiger partial charge >= 0.3 is 0 Å². The number of aryl methyl sites for hydroxylation is 1. The zero-order valence-corrected chi connectivity index (χ0v) is 15.5. The van der Waals surface area contributed by atoms with Crippen LogP contribution in [0.3, 0.4) is 0 Å². The number of nitrogens with zero attached hydrogens (tertiary/aromatic N) is 5. The smallest absolute Gasteiger partial charge is 0.163 e. The molecular weight excluding hydrogens is 288 g/mol. The second kappa shape index (κ2) is 6.83. The van der Waals surface area contributed by atoms with Crippen molar-refractivity contribution in [3.8, 4) is 0 Å². The summed E-state index contributed by atoms with van der Waals surface area (Å²) in [5, 5.41) is 8.86. The molecule has 2 aromatic rings. The molecule has 0 fully saturated rings. The van der Waals surface area contributed by atoms with E-state index in [0.717, 1.165) is 35.6 Å². The van der Waals surface area contributed by atoms with Crippen molar-refractivity contribution < 1.29 is 0 Å². The van der Waals surface area contributed by atoms with Gasteiger partial charge in [-0.25, -0.2) is 9.97 Å². The van der Waals surface area contributed by atoms with Crippen LogP contribution in [0, 0.1) is 0 Å². The molecule has 6 heteroatoms. The molecule has 0 saturated heterocycles. The number of fused-ring (bicyclic) bond motifs is 1. The van der Waals surface area contributed by atoms with Gasteiger partial charge in [0.2, 0.25) is 0 Å². The zero-order chi connectivity index (χ0) is 17.2. The van der Waals surface area contributed by atoms with E-state index in [1.165, 1.54) is 6.42 Å². The average Bonchev–Trinajstić information content (AvgIpc) is 2.83. The van der Waals surface area contributed by atoms with E-state index in [-0.39, 0.29) is 5.41 Å². The van der Waals surface area contributed by atoms with Crippen LogP contribution in [-0.4, -0.2) is 51.3 Å². The molecule has 1 N–H and O–H groups in total. The summed E-state index contributed by atoms with van der Waals surface area (Å²) in [4.78, 5) is 11.8. The highest BCUT2D eigenvalue weighted by molar-refractivity contribution is 5.86. The number of anilines is 1. The van der Waals surface area contributed by atoms with E-state index >= 15 is 0 Å². The van der Waals surface area contributed by atoms with Gasteiger partial charge in [0.05, 0.1) is 11.6 Å². The first kappa shape index (κ1) is 17.7. The molecule has 0 unspecified atom stereocenters. The standard InChI is InChI=1S/C17H30N6/c1-8-9-12(22(5)6)10-18-14-13-11-19-23(7)15(13)21-16(20-14)17(2,3)4/h11-12H,8-10H2,1-7H3,(H,18,20,21)/t12-/m1/s1. The highest BCUT2D eigenvalue weighted by atomic mass is 15.3. The van der Waals surface area contributed by atoms with Crippen LogP contribution in [-0.2, 0) is 12.5 Å². The second-order valence-electron chi connectivity index (χ2n) is 7.44. The second-order valence-corrected chi connectivity index (χ2v) is 7.44. The minimum atomic E-state index is -0.0980. The molecule has 0 aliphatic carbocycles. The van der Waals surface area contributed by atoms with E-state index in [9.17, 15) is 0 Å². The van der Waals surface area contributed by atoms with Crippen LogP contribution in [0.15, 0.2) is 6.20 Å². The molecule has 0 spiro atoms. The van der Waals surface area contributed by atoms with Gasteiger partial charge in [-0.05, 0) is 20.5 Å². The topological polar surface area (TPSA) is 58.9 Å². The summed E-state index contributed by atoms with van der Waals surface area (Å²) in [6.45, 7) is 9.49. The van der Waals surface area contributed by atoms with E-state index in [4.69, 9.17) is 9.97 Å². The summed E-state index contributed by atoms with van der Waals surface area (Å²) in [6, 6.07) is 0.486. The summed E-state index contributed by atoms with van der Waals surface area (Å²) in [7, 11) is 6.18. The number of likely N-dealkylation sites (N-methyl/N-ethyl adjacent to an activating group) is 1. The summed E-state index contributed by atoms with van der Waals surface area (Å²) in [5.74, 6) is 1.73. The summed E-state index contributed by atoms with van der Waals surface area (Å²) in [6.07, 6.45) is 4.17. The first-order valence-electron chi connectivity index (χ1n) is 8.34. The lowest BCUT2D eigenvalue weighted by atomic mass is 9.95. The number of nitrogens with one attached hydrogen (secondary N) is 1. The van der Waals surface area contributed by atoms with E-state index in [1.54, 1.807) is 0 Å².